The van der Waals surface area contributed by atoms with Crippen molar-refractivity contribution in [2.24, 2.45) is 5.73 Å². The number of nitrogens with one attached hydrogen (secondary N) is 1. The fraction of sp³-hybridized carbons (Fsp3) is 0.385. The summed E-state index contributed by atoms with van der Waals surface area (Å²) in [6.07, 6.45) is -1.50. The van der Waals surface area contributed by atoms with Gasteiger partial charge in [-0.2, -0.15) is 0 Å². The summed E-state index contributed by atoms with van der Waals surface area (Å²) in [4.78, 5) is 22.3. The fourth-order valence-electron chi connectivity index (χ4n) is 1.66. The number of rotatable bonds is 7. The van der Waals surface area contributed by atoms with Crippen LogP contribution in [0.1, 0.15) is 17.9 Å². The highest BCUT2D eigenvalue weighted by Crippen LogP contribution is 2.13. The highest BCUT2D eigenvalue weighted by atomic mass is 16.4. The van der Waals surface area contributed by atoms with E-state index in [1.165, 1.54) is 0 Å². The number of hydrogen-bond acceptors (Lipinski definition) is 4. The van der Waals surface area contributed by atoms with Gasteiger partial charge in [0.05, 0.1) is 5.92 Å². The third-order valence-electron chi connectivity index (χ3n) is 2.76. The Labute approximate surface area is 111 Å². The van der Waals surface area contributed by atoms with Crippen molar-refractivity contribution in [3.8, 4) is 0 Å². The van der Waals surface area contributed by atoms with E-state index in [4.69, 9.17) is 15.9 Å². The first-order valence-electron chi connectivity index (χ1n) is 6.00. The molecule has 0 radical (unpaired) electrons. The van der Waals surface area contributed by atoms with E-state index < -0.39 is 18.0 Å². The van der Waals surface area contributed by atoms with Crippen LogP contribution in [0.2, 0.25) is 0 Å². The minimum Gasteiger partial charge on any atom is -0.479 e. The van der Waals surface area contributed by atoms with Crippen LogP contribution in [-0.2, 0) is 9.59 Å². The number of carboxylic acid groups (broad SMARTS) is 1. The van der Waals surface area contributed by atoms with Crippen molar-refractivity contribution < 1.29 is 19.8 Å². The molecule has 1 aromatic carbocycles. The van der Waals surface area contributed by atoms with E-state index in [-0.39, 0.29) is 25.4 Å². The number of nitrogens with two attached hydrogens (primary N) is 1. The van der Waals surface area contributed by atoms with Crippen molar-refractivity contribution in [3.63, 3.8) is 0 Å². The molecule has 6 nitrogen and oxygen atoms in total. The summed E-state index contributed by atoms with van der Waals surface area (Å²) in [5.74, 6) is -2.04. The second kappa shape index (κ2) is 7.50. The number of carbonyl (C=O) groups is 2. The molecule has 0 fully saturated rings. The maximum Gasteiger partial charge on any atom is 0.332 e. The lowest BCUT2D eigenvalue weighted by molar-refractivity contribution is -0.147. The van der Waals surface area contributed by atoms with Gasteiger partial charge in [-0.3, -0.25) is 4.79 Å². The Morgan fingerprint density at radius 1 is 1.26 bits per heavy atom. The van der Waals surface area contributed by atoms with Gasteiger partial charge in [0.1, 0.15) is 0 Å². The summed E-state index contributed by atoms with van der Waals surface area (Å²) in [5.41, 5.74) is 6.39. The first-order valence-corrected chi connectivity index (χ1v) is 6.00. The molecule has 0 aliphatic heterocycles. The molecule has 0 aromatic heterocycles. The van der Waals surface area contributed by atoms with Gasteiger partial charge in [-0.05, 0) is 5.56 Å². The van der Waals surface area contributed by atoms with E-state index in [9.17, 15) is 9.59 Å². The number of carbonyl (C=O) groups excluding carboxylic acids is 1. The van der Waals surface area contributed by atoms with Gasteiger partial charge in [0, 0.05) is 19.5 Å². The lowest BCUT2D eigenvalue weighted by atomic mass is 9.98. The Hall–Kier alpha value is -1.92. The van der Waals surface area contributed by atoms with Gasteiger partial charge in [0.2, 0.25) is 5.91 Å². The smallest absolute Gasteiger partial charge is 0.332 e. The largest absolute Gasteiger partial charge is 0.479 e. The van der Waals surface area contributed by atoms with Gasteiger partial charge in [0.15, 0.2) is 6.10 Å². The van der Waals surface area contributed by atoms with Crippen molar-refractivity contribution >= 4 is 11.9 Å². The predicted octanol–water partition coefficient (Wildman–Crippen LogP) is -0.319. The van der Waals surface area contributed by atoms with Gasteiger partial charge >= 0.3 is 5.97 Å². The molecule has 0 saturated heterocycles. The summed E-state index contributed by atoms with van der Waals surface area (Å²) in [5, 5.41) is 20.2. The molecule has 1 rings (SSSR count). The highest BCUT2D eigenvalue weighted by Gasteiger charge is 2.19. The standard InChI is InChI=1S/C13H18N2O4/c14-8-10(9-4-2-1-3-5-9)12(17)15-7-6-11(16)13(18)19/h1-5,10-11,16H,6-8,14H2,(H,15,17)(H,18,19). The summed E-state index contributed by atoms with van der Waals surface area (Å²) in [6, 6.07) is 9.10. The van der Waals surface area contributed by atoms with Crippen LogP contribution in [0, 0.1) is 0 Å². The summed E-state index contributed by atoms with van der Waals surface area (Å²) in [6.45, 7) is 0.257. The maximum absolute atomic E-state index is 11.9. The molecule has 19 heavy (non-hydrogen) atoms. The second-order valence-electron chi connectivity index (χ2n) is 4.13. The van der Waals surface area contributed by atoms with Crippen LogP contribution in [0.4, 0.5) is 0 Å². The molecule has 6 heteroatoms. The monoisotopic (exact) mass is 266 g/mol. The molecule has 0 aliphatic rings. The average Bonchev–Trinajstić information content (AvgIpc) is 2.40. The molecule has 1 aromatic rings. The van der Waals surface area contributed by atoms with Gasteiger partial charge in [-0.25, -0.2) is 4.79 Å². The fourth-order valence-corrected chi connectivity index (χ4v) is 1.66. The second-order valence-corrected chi connectivity index (χ2v) is 4.13. The van der Waals surface area contributed by atoms with Crippen LogP contribution in [0.5, 0.6) is 0 Å². The molecule has 2 unspecified atom stereocenters. The van der Waals surface area contributed by atoms with E-state index in [1.54, 1.807) is 0 Å². The molecule has 0 aliphatic carbocycles. The third kappa shape index (κ3) is 4.69. The number of aliphatic hydroxyl groups excluding tert-OH is 1. The van der Waals surface area contributed by atoms with Crippen molar-refractivity contribution in [2.45, 2.75) is 18.4 Å². The molecule has 5 N–H and O–H groups in total. The van der Waals surface area contributed by atoms with Gasteiger partial charge in [-0.1, -0.05) is 30.3 Å². The lowest BCUT2D eigenvalue weighted by Gasteiger charge is -2.15. The van der Waals surface area contributed by atoms with E-state index >= 15 is 0 Å². The molecule has 1 amide bonds. The maximum atomic E-state index is 11.9. The van der Waals surface area contributed by atoms with Crippen LogP contribution in [-0.4, -0.2) is 41.3 Å². The lowest BCUT2D eigenvalue weighted by Crippen LogP contribution is -2.36. The first-order chi connectivity index (χ1) is 9.06. The molecule has 104 valence electrons. The number of amides is 1. The number of aliphatic hydroxyl groups is 1. The Morgan fingerprint density at radius 3 is 2.42 bits per heavy atom. The van der Waals surface area contributed by atoms with Crippen molar-refractivity contribution in [3.05, 3.63) is 35.9 Å². The summed E-state index contributed by atoms with van der Waals surface area (Å²) < 4.78 is 0. The first kappa shape index (κ1) is 15.1. The van der Waals surface area contributed by atoms with E-state index in [1.807, 2.05) is 30.3 Å². The van der Waals surface area contributed by atoms with Crippen LogP contribution in [0.15, 0.2) is 30.3 Å². The Bertz CT molecular complexity index is 422. The Morgan fingerprint density at radius 2 is 1.89 bits per heavy atom. The number of hydrogen-bond donors (Lipinski definition) is 4. The normalized spacial score (nSPS) is 13.6. The summed E-state index contributed by atoms with van der Waals surface area (Å²) >= 11 is 0. The number of carboxylic acids is 1. The highest BCUT2D eigenvalue weighted by molar-refractivity contribution is 5.84. The topological polar surface area (TPSA) is 113 Å². The van der Waals surface area contributed by atoms with Gasteiger partial charge in [0.25, 0.3) is 0 Å². The molecular weight excluding hydrogens is 248 g/mol. The molecule has 0 bridgehead atoms. The van der Waals surface area contributed by atoms with Crippen LogP contribution in [0.25, 0.3) is 0 Å². The van der Waals surface area contributed by atoms with Gasteiger partial charge < -0.3 is 21.3 Å². The predicted molar refractivity (Wildman–Crippen MR) is 69.5 cm³/mol. The minimum absolute atomic E-state index is 0.0346. The van der Waals surface area contributed by atoms with Crippen LogP contribution < -0.4 is 11.1 Å². The number of benzene rings is 1. The molecule has 0 spiro atoms. The van der Waals surface area contributed by atoms with E-state index in [2.05, 4.69) is 5.32 Å². The number of aliphatic carboxylic acids is 1. The zero-order chi connectivity index (χ0) is 14.3. The quantitative estimate of drug-likeness (QED) is 0.540. The third-order valence-corrected chi connectivity index (χ3v) is 2.76. The van der Waals surface area contributed by atoms with Crippen LogP contribution >= 0.6 is 0 Å². The zero-order valence-electron chi connectivity index (χ0n) is 10.5. The summed E-state index contributed by atoms with van der Waals surface area (Å²) in [7, 11) is 0. The molecule has 0 saturated carbocycles. The Kier molecular flexibility index (Phi) is 5.98. The molecular formula is C13H18N2O4. The van der Waals surface area contributed by atoms with Crippen molar-refractivity contribution in [1.82, 2.24) is 5.32 Å². The zero-order valence-corrected chi connectivity index (χ0v) is 10.5. The molecule has 2 atom stereocenters. The SMILES string of the molecule is NCC(C(=O)NCCC(O)C(=O)O)c1ccccc1. The van der Waals surface area contributed by atoms with Gasteiger partial charge in [-0.15, -0.1) is 0 Å². The van der Waals surface area contributed by atoms with Crippen LogP contribution in [0.3, 0.4) is 0 Å². The Balaban J connectivity index is 2.49. The minimum atomic E-state index is -1.46. The van der Waals surface area contributed by atoms with E-state index in [0.29, 0.717) is 0 Å². The van der Waals surface area contributed by atoms with E-state index in [0.717, 1.165) is 5.56 Å². The van der Waals surface area contributed by atoms with Crippen molar-refractivity contribution in [2.75, 3.05) is 13.1 Å². The average molecular weight is 266 g/mol. The van der Waals surface area contributed by atoms with Crippen molar-refractivity contribution in [1.29, 1.82) is 0 Å². The molecule has 0 heterocycles.